The lowest BCUT2D eigenvalue weighted by Crippen LogP contribution is -2.38. The summed E-state index contributed by atoms with van der Waals surface area (Å²) in [6, 6.07) is 6.71. The van der Waals surface area contributed by atoms with Crippen LogP contribution in [0.1, 0.15) is 43.2 Å². The second kappa shape index (κ2) is 9.84. The minimum Gasteiger partial charge on any atom is -0.450 e. The topological polar surface area (TPSA) is 83.6 Å². The molecule has 0 spiro atoms. The first-order valence-corrected chi connectivity index (χ1v) is 10.8. The summed E-state index contributed by atoms with van der Waals surface area (Å²) in [6.07, 6.45) is 0.731. The maximum atomic E-state index is 12.6. The summed E-state index contributed by atoms with van der Waals surface area (Å²) in [5, 5.41) is 8.02. The number of amides is 2. The van der Waals surface area contributed by atoms with Gasteiger partial charge in [0.1, 0.15) is 0 Å². The Morgan fingerprint density at radius 2 is 2.00 bits per heavy atom. The lowest BCUT2D eigenvalue weighted by molar-refractivity contribution is 0.102. The van der Waals surface area contributed by atoms with Gasteiger partial charge in [-0.1, -0.05) is 19.9 Å². The molecule has 1 aromatic heterocycles. The van der Waals surface area contributed by atoms with Crippen LogP contribution < -0.4 is 10.6 Å². The quantitative estimate of drug-likeness (QED) is 0.727. The third-order valence-electron chi connectivity index (χ3n) is 4.75. The van der Waals surface area contributed by atoms with Gasteiger partial charge in [0.15, 0.2) is 5.13 Å². The van der Waals surface area contributed by atoms with Gasteiger partial charge in [0.25, 0.3) is 5.91 Å². The van der Waals surface area contributed by atoms with E-state index in [1.165, 1.54) is 17.8 Å². The van der Waals surface area contributed by atoms with Crippen LogP contribution in [-0.2, 0) is 11.3 Å². The van der Waals surface area contributed by atoms with Crippen molar-refractivity contribution < 1.29 is 14.3 Å². The molecule has 1 aliphatic heterocycles. The van der Waals surface area contributed by atoms with Gasteiger partial charge in [0.05, 0.1) is 12.3 Å². The van der Waals surface area contributed by atoms with Crippen LogP contribution in [0.25, 0.3) is 0 Å². The van der Waals surface area contributed by atoms with E-state index in [9.17, 15) is 9.59 Å². The lowest BCUT2D eigenvalue weighted by Gasteiger charge is -2.34. The van der Waals surface area contributed by atoms with Gasteiger partial charge in [-0.05, 0) is 43.4 Å². The van der Waals surface area contributed by atoms with Crippen LogP contribution in [0.3, 0.4) is 0 Å². The first-order valence-electron chi connectivity index (χ1n) is 9.95. The zero-order chi connectivity index (χ0) is 20.8. The number of nitrogens with one attached hydrogen (secondary N) is 2. The van der Waals surface area contributed by atoms with Gasteiger partial charge in [0, 0.05) is 36.3 Å². The van der Waals surface area contributed by atoms with E-state index < -0.39 is 6.09 Å². The van der Waals surface area contributed by atoms with Crippen molar-refractivity contribution in [3.05, 3.63) is 40.9 Å². The van der Waals surface area contributed by atoms with Crippen LogP contribution in [0.15, 0.2) is 29.6 Å². The molecule has 0 bridgehead atoms. The van der Waals surface area contributed by atoms with Crippen molar-refractivity contribution in [1.82, 2.24) is 9.88 Å². The maximum absolute atomic E-state index is 12.6. The number of nitrogens with zero attached hydrogens (tertiary/aromatic N) is 2. The van der Waals surface area contributed by atoms with Crippen molar-refractivity contribution in [3.8, 4) is 0 Å². The largest absolute Gasteiger partial charge is 0.450 e. The van der Waals surface area contributed by atoms with Crippen LogP contribution in [0.4, 0.5) is 15.6 Å². The van der Waals surface area contributed by atoms with Crippen LogP contribution in [0, 0.1) is 11.8 Å². The number of hydrogen-bond donors (Lipinski definition) is 2. The van der Waals surface area contributed by atoms with Gasteiger partial charge in [-0.3, -0.25) is 20.3 Å². The molecular weight excluding hydrogens is 388 g/mol. The first kappa shape index (κ1) is 21.3. The molecular formula is C21H28N4O3S. The van der Waals surface area contributed by atoms with E-state index in [-0.39, 0.29) is 12.5 Å². The zero-order valence-corrected chi connectivity index (χ0v) is 17.9. The van der Waals surface area contributed by atoms with Gasteiger partial charge < -0.3 is 4.74 Å². The van der Waals surface area contributed by atoms with Crippen LogP contribution >= 0.6 is 11.3 Å². The Bertz CT molecular complexity index is 844. The molecule has 2 aromatic rings. The zero-order valence-electron chi connectivity index (χ0n) is 17.1. The summed E-state index contributed by atoms with van der Waals surface area (Å²) >= 11 is 1.42. The van der Waals surface area contributed by atoms with Gasteiger partial charge in [0.2, 0.25) is 0 Å². The van der Waals surface area contributed by atoms with Gasteiger partial charge >= 0.3 is 6.09 Å². The molecule has 1 saturated heterocycles. The second-order valence-corrected chi connectivity index (χ2v) is 8.52. The van der Waals surface area contributed by atoms with Crippen molar-refractivity contribution in [2.45, 2.75) is 33.7 Å². The van der Waals surface area contributed by atoms with E-state index >= 15 is 0 Å². The Hall–Kier alpha value is -2.45. The molecule has 0 aliphatic carbocycles. The number of rotatable bonds is 6. The number of thiazole rings is 1. The summed E-state index contributed by atoms with van der Waals surface area (Å²) in [5.74, 6) is 1.14. The number of piperidine rings is 1. The monoisotopic (exact) mass is 416 g/mol. The van der Waals surface area contributed by atoms with Crippen LogP contribution in [-0.4, -0.2) is 41.6 Å². The molecule has 1 aromatic carbocycles. The van der Waals surface area contributed by atoms with Crippen LogP contribution in [0.5, 0.6) is 0 Å². The lowest BCUT2D eigenvalue weighted by atomic mass is 9.92. The summed E-state index contributed by atoms with van der Waals surface area (Å²) in [6.45, 7) is 9.58. The van der Waals surface area contributed by atoms with Gasteiger partial charge in [-0.15, -0.1) is 11.3 Å². The number of ether oxygens (including phenoxy) is 1. The first-order chi connectivity index (χ1) is 13.9. The fourth-order valence-corrected chi connectivity index (χ4v) is 4.48. The van der Waals surface area contributed by atoms with Crippen molar-refractivity contribution in [2.75, 3.05) is 30.3 Å². The van der Waals surface area contributed by atoms with E-state index in [1.807, 2.05) is 5.38 Å². The van der Waals surface area contributed by atoms with E-state index in [1.54, 1.807) is 31.2 Å². The van der Waals surface area contributed by atoms with Crippen LogP contribution in [0.2, 0.25) is 0 Å². The molecule has 0 radical (unpaired) electrons. The number of hydrogen-bond acceptors (Lipinski definition) is 6. The molecule has 8 heteroatoms. The molecule has 3 rings (SSSR count). The predicted molar refractivity (Wildman–Crippen MR) is 115 cm³/mol. The molecule has 0 unspecified atom stereocenters. The molecule has 2 N–H and O–H groups in total. The highest BCUT2D eigenvalue weighted by Gasteiger charge is 2.22. The molecule has 2 atom stereocenters. The van der Waals surface area contributed by atoms with Gasteiger partial charge in [-0.25, -0.2) is 9.78 Å². The predicted octanol–water partition coefficient (Wildman–Crippen LogP) is 4.44. The van der Waals surface area contributed by atoms with E-state index in [2.05, 4.69) is 34.4 Å². The van der Waals surface area contributed by atoms with E-state index in [4.69, 9.17) is 4.74 Å². The Morgan fingerprint density at radius 3 is 2.72 bits per heavy atom. The van der Waals surface area contributed by atoms with Gasteiger partial charge in [-0.2, -0.15) is 0 Å². The van der Waals surface area contributed by atoms with Crippen molar-refractivity contribution in [1.29, 1.82) is 0 Å². The maximum Gasteiger partial charge on any atom is 0.411 e. The highest BCUT2D eigenvalue weighted by Crippen LogP contribution is 2.24. The molecule has 2 heterocycles. The minimum atomic E-state index is -0.545. The average Bonchev–Trinajstić information content (AvgIpc) is 3.08. The summed E-state index contributed by atoms with van der Waals surface area (Å²) in [5.41, 5.74) is 1.92. The molecule has 156 valence electrons. The Labute approximate surface area is 175 Å². The number of aromatic nitrogens is 1. The highest BCUT2D eigenvalue weighted by atomic mass is 32.1. The summed E-state index contributed by atoms with van der Waals surface area (Å²) in [7, 11) is 0. The molecule has 1 aliphatic rings. The number of anilines is 2. The minimum absolute atomic E-state index is 0.265. The van der Waals surface area contributed by atoms with E-state index in [0.29, 0.717) is 28.2 Å². The molecule has 1 fully saturated rings. The fourth-order valence-electron chi connectivity index (χ4n) is 3.78. The molecule has 7 nitrogen and oxygen atoms in total. The number of benzene rings is 1. The third kappa shape index (κ3) is 6.27. The van der Waals surface area contributed by atoms with E-state index in [0.717, 1.165) is 25.3 Å². The molecule has 0 saturated carbocycles. The summed E-state index contributed by atoms with van der Waals surface area (Å²) < 4.78 is 4.86. The average molecular weight is 417 g/mol. The fraction of sp³-hybridized carbons (Fsp3) is 0.476. The SMILES string of the molecule is CCOC(=O)Nc1cccc(C(=O)Nc2nc(CN3C[C@H](C)C[C@H](C)C3)cs2)c1. The Balaban J connectivity index is 1.58. The normalized spacial score (nSPS) is 19.6. The standard InChI is InChI=1S/C21H28N4O3S/c1-4-28-21(27)23-17-7-5-6-16(9-17)19(26)24-20-22-18(13-29-20)12-25-10-14(2)8-15(3)11-25/h5-7,9,13-15H,4,8,10-12H2,1-3H3,(H,23,27)(H,22,24,26)/t14-,15+. The number of likely N-dealkylation sites (tertiary alicyclic amines) is 1. The van der Waals surface area contributed by atoms with Crippen molar-refractivity contribution in [3.63, 3.8) is 0 Å². The highest BCUT2D eigenvalue weighted by molar-refractivity contribution is 7.14. The van der Waals surface area contributed by atoms with Crippen molar-refractivity contribution >= 4 is 34.2 Å². The molecule has 29 heavy (non-hydrogen) atoms. The Kier molecular flexibility index (Phi) is 7.22. The number of carbonyl (C=O) groups excluding carboxylic acids is 2. The van der Waals surface area contributed by atoms with Crippen molar-refractivity contribution in [2.24, 2.45) is 11.8 Å². The smallest absolute Gasteiger partial charge is 0.411 e. The summed E-state index contributed by atoms with van der Waals surface area (Å²) in [4.78, 5) is 31.1. The molecule has 2 amide bonds. The Morgan fingerprint density at radius 1 is 1.24 bits per heavy atom. The second-order valence-electron chi connectivity index (χ2n) is 7.66. The number of carbonyl (C=O) groups is 2. The third-order valence-corrected chi connectivity index (χ3v) is 5.56.